The lowest BCUT2D eigenvalue weighted by Crippen LogP contribution is -2.53. The molecule has 2 heterocycles. The summed E-state index contributed by atoms with van der Waals surface area (Å²) in [4.78, 5) is 60.4. The number of aliphatic imine (C=N–C) groups is 1. The molecule has 3 N–H and O–H groups in total. The zero-order valence-electron chi connectivity index (χ0n) is 24.9. The maximum absolute atomic E-state index is 13.3. The predicted molar refractivity (Wildman–Crippen MR) is 171 cm³/mol. The number of carbonyl (C=O) groups is 4. The van der Waals surface area contributed by atoms with E-state index in [0.717, 1.165) is 17.8 Å². The van der Waals surface area contributed by atoms with Gasteiger partial charge in [-0.1, -0.05) is 70.4 Å². The number of aromatic nitrogens is 1. The summed E-state index contributed by atoms with van der Waals surface area (Å²) in [7, 11) is 0. The van der Waals surface area contributed by atoms with Crippen LogP contribution in [0.25, 0.3) is 0 Å². The number of allylic oxidation sites excluding steroid dienone is 1. The first-order chi connectivity index (χ1) is 19.6. The molecule has 1 aromatic rings. The normalized spacial score (nSPS) is 22.2. The van der Waals surface area contributed by atoms with E-state index in [1.807, 2.05) is 31.6 Å². The fourth-order valence-corrected chi connectivity index (χ4v) is 6.23. The van der Waals surface area contributed by atoms with E-state index in [2.05, 4.69) is 32.9 Å². The van der Waals surface area contributed by atoms with Gasteiger partial charge in [0.1, 0.15) is 27.8 Å². The molecule has 1 aromatic heterocycles. The lowest BCUT2D eigenvalue weighted by Gasteiger charge is -2.25. The van der Waals surface area contributed by atoms with Gasteiger partial charge in [-0.3, -0.25) is 24.2 Å². The van der Waals surface area contributed by atoms with Crippen LogP contribution in [0, 0.1) is 5.92 Å². The number of amides is 3. The average molecular weight is 624 g/mol. The van der Waals surface area contributed by atoms with E-state index in [9.17, 15) is 19.2 Å². The van der Waals surface area contributed by atoms with E-state index >= 15 is 0 Å². The van der Waals surface area contributed by atoms with Crippen molar-refractivity contribution < 1.29 is 19.2 Å². The molecule has 0 radical (unpaired) electrons. The summed E-state index contributed by atoms with van der Waals surface area (Å²) in [6, 6.07) is -2.07. The Morgan fingerprint density at radius 2 is 1.90 bits per heavy atom. The highest BCUT2D eigenvalue weighted by Gasteiger charge is 2.28. The summed E-state index contributed by atoms with van der Waals surface area (Å²) in [5.41, 5.74) is 0.658. The highest BCUT2D eigenvalue weighted by molar-refractivity contribution is 8.14. The summed E-state index contributed by atoms with van der Waals surface area (Å²) >= 11 is 4.14. The lowest BCUT2D eigenvalue weighted by molar-refractivity contribution is -0.131. The molecule has 2 bridgehead atoms. The molecule has 0 fully saturated rings. The Bertz CT molecular complexity index is 1070. The van der Waals surface area contributed by atoms with Gasteiger partial charge in [0.25, 0.3) is 0 Å². The van der Waals surface area contributed by atoms with Crippen molar-refractivity contribution in [2.75, 3.05) is 12.0 Å². The van der Waals surface area contributed by atoms with Gasteiger partial charge in [-0.2, -0.15) is 0 Å². The second-order valence-corrected chi connectivity index (χ2v) is 13.3. The van der Waals surface area contributed by atoms with Crippen molar-refractivity contribution in [1.82, 2.24) is 20.9 Å². The molecule has 0 aliphatic carbocycles. The van der Waals surface area contributed by atoms with Crippen molar-refractivity contribution in [2.24, 2.45) is 10.9 Å². The molecule has 9 nitrogen and oxygen atoms in total. The first kappa shape index (κ1) is 35.0. The van der Waals surface area contributed by atoms with Gasteiger partial charge in [-0.15, -0.1) is 23.1 Å². The predicted octanol–water partition coefficient (Wildman–Crippen LogP) is 4.85. The van der Waals surface area contributed by atoms with E-state index in [1.54, 1.807) is 13.0 Å². The summed E-state index contributed by atoms with van der Waals surface area (Å²) < 4.78 is 0. The van der Waals surface area contributed by atoms with Crippen LogP contribution in [0.3, 0.4) is 0 Å². The molecule has 0 saturated heterocycles. The maximum atomic E-state index is 13.3. The van der Waals surface area contributed by atoms with Gasteiger partial charge in [-0.25, -0.2) is 4.98 Å². The minimum Gasteiger partial charge on any atom is -0.350 e. The third-order valence-electron chi connectivity index (χ3n) is 6.47. The molecule has 1 aliphatic heterocycles. The molecule has 41 heavy (non-hydrogen) atoms. The number of thioether (sulfide) groups is 2. The SMILES string of the molecule is CCCCCCCC(=O)SCC/C=C/C1CC(=O)NCc2nc(cs2)/C(SC)=N/C(C)C(=O)NC(C(C)C)C(=O)N1. The van der Waals surface area contributed by atoms with Gasteiger partial charge in [0.05, 0.1) is 19.0 Å². The summed E-state index contributed by atoms with van der Waals surface area (Å²) in [6.45, 7) is 7.84. The topological polar surface area (TPSA) is 130 Å². The van der Waals surface area contributed by atoms with Gasteiger partial charge in [0.15, 0.2) is 5.12 Å². The number of thiazole rings is 1. The fraction of sp³-hybridized carbons (Fsp3) is 0.655. The summed E-state index contributed by atoms with van der Waals surface area (Å²) in [6.07, 6.45) is 12.4. The third-order valence-corrected chi connectivity index (χ3v) is 8.99. The molecule has 0 saturated carbocycles. The van der Waals surface area contributed by atoms with Crippen molar-refractivity contribution in [3.8, 4) is 0 Å². The second kappa shape index (κ2) is 19.1. The van der Waals surface area contributed by atoms with Crippen molar-refractivity contribution >= 4 is 62.7 Å². The molecule has 12 heteroatoms. The number of carbonyl (C=O) groups excluding carboxylic acids is 4. The Balaban J connectivity index is 2.09. The van der Waals surface area contributed by atoms with Crippen LogP contribution in [-0.4, -0.2) is 63.0 Å². The Kier molecular flexibility index (Phi) is 16.3. The summed E-state index contributed by atoms with van der Waals surface area (Å²) in [5, 5.41) is 12.1. The first-order valence-electron chi connectivity index (χ1n) is 14.4. The third kappa shape index (κ3) is 13.1. The second-order valence-electron chi connectivity index (χ2n) is 10.4. The molecule has 3 atom stereocenters. The van der Waals surface area contributed by atoms with E-state index in [-0.39, 0.29) is 41.7 Å². The Morgan fingerprint density at radius 3 is 2.61 bits per heavy atom. The molecule has 0 aromatic carbocycles. The Labute approximate surface area is 257 Å². The minimum absolute atomic E-state index is 0.0387. The van der Waals surface area contributed by atoms with Crippen LogP contribution in [0.5, 0.6) is 0 Å². The van der Waals surface area contributed by atoms with E-state index in [1.165, 1.54) is 54.1 Å². The largest absolute Gasteiger partial charge is 0.350 e. The molecular weight excluding hydrogens is 579 g/mol. The van der Waals surface area contributed by atoms with Crippen molar-refractivity contribution in [3.05, 3.63) is 28.2 Å². The number of hydrogen-bond donors (Lipinski definition) is 3. The van der Waals surface area contributed by atoms with Crippen LogP contribution in [0.1, 0.15) is 89.8 Å². The van der Waals surface area contributed by atoms with Crippen LogP contribution in [0.4, 0.5) is 0 Å². The number of rotatable bonds is 11. The highest BCUT2D eigenvalue weighted by atomic mass is 32.2. The number of nitrogens with one attached hydrogen (secondary N) is 3. The number of nitrogens with zero attached hydrogens (tertiary/aromatic N) is 2. The van der Waals surface area contributed by atoms with Gasteiger partial charge in [-0.05, 0) is 31.9 Å². The van der Waals surface area contributed by atoms with E-state index < -0.39 is 18.1 Å². The van der Waals surface area contributed by atoms with Gasteiger partial charge in [0, 0.05) is 17.6 Å². The van der Waals surface area contributed by atoms with Gasteiger partial charge < -0.3 is 16.0 Å². The standard InChI is InChI=1S/C29H45N5O4S3/c1-6-7-8-9-10-14-25(36)40-15-12-11-13-21-16-23(35)30-17-24-33-22(18-41-24)29(39-5)31-20(4)27(37)34-26(19(2)3)28(38)32-21/h11,13,18-21,26H,6-10,12,14-17H2,1-5H3,(H,30,35)(H,32,38)(H,34,37)/b13-11+,31-29-. The lowest BCUT2D eigenvalue weighted by atomic mass is 10.0. The fourth-order valence-electron chi connectivity index (χ4n) is 4.09. The molecule has 0 spiro atoms. The Morgan fingerprint density at radius 1 is 1.15 bits per heavy atom. The average Bonchev–Trinajstić information content (AvgIpc) is 3.41. The van der Waals surface area contributed by atoms with Gasteiger partial charge >= 0.3 is 0 Å². The maximum Gasteiger partial charge on any atom is 0.245 e. The first-order valence-corrected chi connectivity index (χ1v) is 17.5. The number of fused-ring (bicyclic) bond motifs is 2. The molecule has 3 amide bonds. The molecular formula is C29H45N5O4S3. The quantitative estimate of drug-likeness (QED) is 0.237. The molecule has 1 aliphatic rings. The zero-order valence-corrected chi connectivity index (χ0v) is 27.3. The van der Waals surface area contributed by atoms with Crippen LogP contribution in [0.15, 0.2) is 22.5 Å². The Hall–Kier alpha value is -2.18. The van der Waals surface area contributed by atoms with Gasteiger partial charge in [0.2, 0.25) is 17.7 Å². The number of unbranched alkanes of at least 4 members (excludes halogenated alkanes) is 4. The van der Waals surface area contributed by atoms with Crippen LogP contribution in [-0.2, 0) is 25.7 Å². The minimum atomic E-state index is -0.791. The molecule has 228 valence electrons. The van der Waals surface area contributed by atoms with Crippen LogP contribution in [0.2, 0.25) is 0 Å². The van der Waals surface area contributed by atoms with Crippen LogP contribution < -0.4 is 16.0 Å². The van der Waals surface area contributed by atoms with Crippen molar-refractivity contribution in [1.29, 1.82) is 0 Å². The smallest absolute Gasteiger partial charge is 0.245 e. The van der Waals surface area contributed by atoms with E-state index in [4.69, 9.17) is 0 Å². The summed E-state index contributed by atoms with van der Waals surface area (Å²) in [5.74, 6) is -0.485. The van der Waals surface area contributed by atoms with E-state index in [0.29, 0.717) is 29.3 Å². The molecule has 2 rings (SSSR count). The highest BCUT2D eigenvalue weighted by Crippen LogP contribution is 2.18. The zero-order chi connectivity index (χ0) is 30.2. The number of hydrogen-bond acceptors (Lipinski definition) is 9. The monoisotopic (exact) mass is 623 g/mol. The molecule has 3 unspecified atom stereocenters. The van der Waals surface area contributed by atoms with Crippen molar-refractivity contribution in [2.45, 2.75) is 104 Å². The van der Waals surface area contributed by atoms with Crippen molar-refractivity contribution in [3.63, 3.8) is 0 Å². The van der Waals surface area contributed by atoms with Crippen LogP contribution >= 0.6 is 34.9 Å².